The molecule has 8 fully saturated rings. The number of carbonyl (C=O) groups is 1. The van der Waals surface area contributed by atoms with E-state index in [1.54, 1.807) is 0 Å². The first kappa shape index (κ1) is 59.9. The highest BCUT2D eigenvalue weighted by Crippen LogP contribution is 2.76. The van der Waals surface area contributed by atoms with Crippen molar-refractivity contribution in [2.24, 2.45) is 50.2 Å². The van der Waals surface area contributed by atoms with Crippen LogP contribution in [0.2, 0.25) is 0 Å². The van der Waals surface area contributed by atoms with Crippen LogP contribution in [-0.4, -0.2) is 245 Å². The molecule has 442 valence electrons. The summed E-state index contributed by atoms with van der Waals surface area (Å²) in [7, 11) is 0. The quantitative estimate of drug-likeness (QED) is 0.0513. The van der Waals surface area contributed by atoms with E-state index < -0.39 is 194 Å². The van der Waals surface area contributed by atoms with Crippen LogP contribution < -0.4 is 0 Å². The van der Waals surface area contributed by atoms with Gasteiger partial charge in [-0.3, -0.25) is 4.79 Å². The highest BCUT2D eigenvalue weighted by Gasteiger charge is 2.72. The molecular formula is C53H86O24. The molecule has 0 radical (unpaired) electrons. The van der Waals surface area contributed by atoms with Crippen LogP contribution in [0.4, 0.5) is 0 Å². The molecule has 24 nitrogen and oxygen atoms in total. The van der Waals surface area contributed by atoms with E-state index >= 15 is 0 Å². The average molecular weight is 1110 g/mol. The average Bonchev–Trinajstić information content (AvgIpc) is 3.58. The molecule has 4 aliphatic heterocycles. The highest BCUT2D eigenvalue weighted by atomic mass is 16.8. The van der Waals surface area contributed by atoms with Gasteiger partial charge in [0.2, 0.25) is 6.29 Å². The van der Waals surface area contributed by atoms with Crippen molar-refractivity contribution in [1.29, 1.82) is 0 Å². The van der Waals surface area contributed by atoms with Crippen LogP contribution in [0.3, 0.4) is 0 Å². The molecule has 9 aliphatic rings. The second-order valence-electron chi connectivity index (χ2n) is 25.8. The molecule has 9 rings (SSSR count). The summed E-state index contributed by atoms with van der Waals surface area (Å²) < 4.78 is 46.9. The van der Waals surface area contributed by atoms with E-state index in [0.29, 0.717) is 44.9 Å². The normalized spacial score (nSPS) is 54.7. The third-order valence-corrected chi connectivity index (χ3v) is 21.2. The van der Waals surface area contributed by atoms with Gasteiger partial charge in [0.25, 0.3) is 0 Å². The molecule has 77 heavy (non-hydrogen) atoms. The fourth-order valence-corrected chi connectivity index (χ4v) is 16.4. The maximum atomic E-state index is 14.8. The lowest BCUT2D eigenvalue weighted by atomic mass is 9.33. The van der Waals surface area contributed by atoms with Gasteiger partial charge >= 0.3 is 5.97 Å². The monoisotopic (exact) mass is 1110 g/mol. The number of allylic oxidation sites excluding steroid dienone is 2. The Hall–Kier alpha value is -1.67. The predicted molar refractivity (Wildman–Crippen MR) is 260 cm³/mol. The smallest absolute Gasteiger partial charge is 0.317 e. The minimum atomic E-state index is -1.95. The number of ether oxygens (including phenoxy) is 8. The van der Waals surface area contributed by atoms with Gasteiger partial charge < -0.3 is 114 Å². The highest BCUT2D eigenvalue weighted by molar-refractivity contribution is 5.80. The zero-order chi connectivity index (χ0) is 56.3. The van der Waals surface area contributed by atoms with Gasteiger partial charge in [0, 0.05) is 5.41 Å². The first-order chi connectivity index (χ1) is 36.1. The number of esters is 1. The van der Waals surface area contributed by atoms with Crippen LogP contribution in [0.1, 0.15) is 99.3 Å². The fourth-order valence-electron chi connectivity index (χ4n) is 16.4. The molecule has 0 aromatic carbocycles. The first-order valence-corrected chi connectivity index (χ1v) is 27.5. The maximum absolute atomic E-state index is 14.8. The topological polar surface area (TPSA) is 394 Å². The van der Waals surface area contributed by atoms with Crippen molar-refractivity contribution in [3.63, 3.8) is 0 Å². The van der Waals surface area contributed by atoms with Crippen LogP contribution in [0.25, 0.3) is 0 Å². The minimum Gasteiger partial charge on any atom is -0.432 e. The summed E-state index contributed by atoms with van der Waals surface area (Å²) >= 11 is 0. The van der Waals surface area contributed by atoms with Gasteiger partial charge in [-0.15, -0.1) is 0 Å². The van der Waals surface area contributed by atoms with Crippen molar-refractivity contribution in [3.8, 4) is 0 Å². The molecule has 0 bridgehead atoms. The Kier molecular flexibility index (Phi) is 17.0. The van der Waals surface area contributed by atoms with Crippen molar-refractivity contribution in [3.05, 3.63) is 11.6 Å². The van der Waals surface area contributed by atoms with E-state index in [-0.39, 0.29) is 36.7 Å². The van der Waals surface area contributed by atoms with Gasteiger partial charge in [0.1, 0.15) is 97.0 Å². The molecule has 0 amide bonds. The van der Waals surface area contributed by atoms with Crippen molar-refractivity contribution < 1.29 is 119 Å². The fraction of sp³-hybridized carbons (Fsp3) is 0.943. The molecule has 24 heteroatoms. The van der Waals surface area contributed by atoms with E-state index in [9.17, 15) is 81.4 Å². The SMILES string of the molecule is CC1(C)CC[C@]2(C(=O)O[C@@H]3O[C@H](CO)[C@@H](O)[C@H](O)[C@H]3O)[C@H](O)C[C@]3(C)C(=CC[C@@H]4[C@@]5(C)CC[C@H](O[C@@H]6OC[C@H](O)[C@H](O[C@@H]7O[C@H](CO)[C@@H](O)[C@H](O[C@@H]8O[C@H](CO)[C@@H](O)[C@H](O)[C@H]8O)[C@H]7O)[C@H]6O)[C@@](C)(CO)[C@@H]5CC[C@]43C)[C@H]2C1. The van der Waals surface area contributed by atoms with Crippen molar-refractivity contribution in [2.75, 3.05) is 33.0 Å². The van der Waals surface area contributed by atoms with Crippen molar-refractivity contribution in [2.45, 2.75) is 228 Å². The van der Waals surface area contributed by atoms with Crippen molar-refractivity contribution >= 4 is 5.97 Å². The molecular weight excluding hydrogens is 1020 g/mol. The van der Waals surface area contributed by atoms with Gasteiger partial charge in [0.15, 0.2) is 18.9 Å². The second kappa shape index (κ2) is 21.8. The largest absolute Gasteiger partial charge is 0.432 e. The lowest BCUT2D eigenvalue weighted by molar-refractivity contribution is -0.379. The summed E-state index contributed by atoms with van der Waals surface area (Å²) in [6.45, 7) is 9.92. The molecule has 15 N–H and O–H groups in total. The number of fused-ring (bicyclic) bond motifs is 7. The summed E-state index contributed by atoms with van der Waals surface area (Å²) in [5.41, 5.74) is -2.97. The lowest BCUT2D eigenvalue weighted by Gasteiger charge is -2.72. The van der Waals surface area contributed by atoms with Gasteiger partial charge in [0.05, 0.1) is 45.2 Å². The summed E-state index contributed by atoms with van der Waals surface area (Å²) in [6.07, 6.45) is -27.0. The molecule has 0 spiro atoms. The number of hydrogen-bond acceptors (Lipinski definition) is 24. The lowest BCUT2D eigenvalue weighted by Crippen LogP contribution is -2.69. The Bertz CT molecular complexity index is 2120. The third kappa shape index (κ3) is 9.59. The second-order valence-corrected chi connectivity index (χ2v) is 25.8. The summed E-state index contributed by atoms with van der Waals surface area (Å²) in [6, 6.07) is 0. The number of rotatable bonds is 12. The number of carbonyl (C=O) groups excluding carboxylic acids is 1. The van der Waals surface area contributed by atoms with Gasteiger partial charge in [-0.1, -0.05) is 53.2 Å². The zero-order valence-corrected chi connectivity index (χ0v) is 44.7. The summed E-state index contributed by atoms with van der Waals surface area (Å²) in [5.74, 6) is -1.37. The Morgan fingerprint density at radius 2 is 1.14 bits per heavy atom. The van der Waals surface area contributed by atoms with E-state index in [0.717, 1.165) is 5.57 Å². The zero-order valence-electron chi connectivity index (χ0n) is 44.7. The molecule has 4 heterocycles. The molecule has 4 saturated carbocycles. The maximum Gasteiger partial charge on any atom is 0.317 e. The Balaban J connectivity index is 0.922. The van der Waals surface area contributed by atoms with Crippen LogP contribution in [0, 0.1) is 50.2 Å². The standard InChI is InChI=1S/C53H86O24/c1-48(2)13-14-53(47(69)77-45-38(66)36(64)33(61)26(18-55)72-45)23(15-48)22-7-8-29-49(3)11-10-31(50(4,21-57)28(49)9-12-51(29,5)52(22,6)16-30(53)59)74-43-39(67)41(24(58)20-70-43)75-46-40(68)42(34(62)27(19-56)73-46)76-44-37(65)35(63)32(60)25(17-54)71-44/h7,23-46,54-68H,8-21H2,1-6H3/t23-,24+,25-,26-,27-,28-,29-,30-,31+,32-,33-,34-,35+,36+,37-,38-,39-,40-,41+,42+,43+,44+,45+,46+,49+,50+,51-,52-,53-/m1/s1. The van der Waals surface area contributed by atoms with Gasteiger partial charge in [-0.25, -0.2) is 0 Å². The molecule has 0 aromatic rings. The van der Waals surface area contributed by atoms with Gasteiger partial charge in [-0.2, -0.15) is 0 Å². The summed E-state index contributed by atoms with van der Waals surface area (Å²) in [5, 5.41) is 163. The Labute approximate surface area is 447 Å². The van der Waals surface area contributed by atoms with Crippen LogP contribution in [0.5, 0.6) is 0 Å². The van der Waals surface area contributed by atoms with E-state index in [4.69, 9.17) is 37.9 Å². The third-order valence-electron chi connectivity index (χ3n) is 21.2. The number of aliphatic hydroxyl groups excluding tert-OH is 15. The Morgan fingerprint density at radius 1 is 0.584 bits per heavy atom. The summed E-state index contributed by atoms with van der Waals surface area (Å²) in [4.78, 5) is 14.8. The van der Waals surface area contributed by atoms with E-state index in [1.807, 2.05) is 6.92 Å². The molecule has 0 unspecified atom stereocenters. The van der Waals surface area contributed by atoms with Crippen LogP contribution in [0.15, 0.2) is 11.6 Å². The van der Waals surface area contributed by atoms with E-state index in [2.05, 4.69) is 40.7 Å². The molecule has 5 aliphatic carbocycles. The van der Waals surface area contributed by atoms with E-state index in [1.165, 1.54) is 0 Å². The molecule has 4 saturated heterocycles. The van der Waals surface area contributed by atoms with Gasteiger partial charge in [-0.05, 0) is 97.2 Å². The first-order valence-electron chi connectivity index (χ1n) is 27.5. The van der Waals surface area contributed by atoms with Crippen LogP contribution in [-0.2, 0) is 42.7 Å². The Morgan fingerprint density at radius 3 is 1.75 bits per heavy atom. The van der Waals surface area contributed by atoms with Crippen LogP contribution >= 0.6 is 0 Å². The minimum absolute atomic E-state index is 0.0211. The number of aliphatic hydroxyl groups is 15. The van der Waals surface area contributed by atoms with Crippen molar-refractivity contribution in [1.82, 2.24) is 0 Å². The number of hydrogen-bond donors (Lipinski definition) is 15. The molecule has 29 atom stereocenters. The predicted octanol–water partition coefficient (Wildman–Crippen LogP) is -3.45. The molecule has 0 aromatic heterocycles.